The number of nitrogens with one attached hydrogen (secondary N) is 1. The quantitative estimate of drug-likeness (QED) is 0.704. The summed E-state index contributed by atoms with van der Waals surface area (Å²) in [6, 6.07) is 10.2. The van der Waals surface area contributed by atoms with Crippen LogP contribution in [0.2, 0.25) is 0 Å². The lowest BCUT2D eigenvalue weighted by Gasteiger charge is -2.33. The van der Waals surface area contributed by atoms with Gasteiger partial charge in [0.15, 0.2) is 5.82 Å². The predicted molar refractivity (Wildman–Crippen MR) is 107 cm³/mol. The van der Waals surface area contributed by atoms with E-state index in [2.05, 4.69) is 32.3 Å². The van der Waals surface area contributed by atoms with Crippen LogP contribution in [-0.4, -0.2) is 49.2 Å². The first kappa shape index (κ1) is 19.6. The molecule has 1 atom stereocenters. The molecule has 0 radical (unpaired) electrons. The zero-order valence-electron chi connectivity index (χ0n) is 15.6. The maximum absolute atomic E-state index is 12.5. The summed E-state index contributed by atoms with van der Waals surface area (Å²) in [5, 5.41) is 3.91. The monoisotopic (exact) mass is 386 g/mol. The van der Waals surface area contributed by atoms with E-state index in [1.54, 1.807) is 31.3 Å². The van der Waals surface area contributed by atoms with Gasteiger partial charge in [-0.05, 0) is 31.4 Å². The maximum atomic E-state index is 12.5. The molecule has 1 fully saturated rings. The van der Waals surface area contributed by atoms with Crippen molar-refractivity contribution in [1.82, 2.24) is 15.3 Å². The van der Waals surface area contributed by atoms with Crippen molar-refractivity contribution in [2.24, 2.45) is 5.92 Å². The Balaban J connectivity index is 1.65. The molecule has 1 saturated heterocycles. The lowest BCUT2D eigenvalue weighted by atomic mass is 9.97. The van der Waals surface area contributed by atoms with Gasteiger partial charge in [0.05, 0.1) is 5.92 Å². The van der Waals surface area contributed by atoms with Crippen molar-refractivity contribution < 1.29 is 9.53 Å². The first-order chi connectivity index (χ1) is 13.3. The zero-order valence-corrected chi connectivity index (χ0v) is 16.5. The maximum Gasteiger partial charge on any atom is 0.224 e. The number of hydrogen-bond donors (Lipinski definition) is 1. The van der Waals surface area contributed by atoms with Crippen LogP contribution in [0.5, 0.6) is 0 Å². The highest BCUT2D eigenvalue weighted by atomic mass is 32.2. The Morgan fingerprint density at radius 1 is 1.30 bits per heavy atom. The molecule has 1 N–H and O–H groups in total. The summed E-state index contributed by atoms with van der Waals surface area (Å²) in [5.74, 6) is 0.970. The first-order valence-corrected chi connectivity index (χ1v) is 10.1. The Bertz CT molecular complexity index is 729. The van der Waals surface area contributed by atoms with E-state index in [1.165, 1.54) is 0 Å². The molecule has 2 heterocycles. The zero-order chi connectivity index (χ0) is 18.9. The van der Waals surface area contributed by atoms with Gasteiger partial charge in [-0.25, -0.2) is 9.97 Å². The van der Waals surface area contributed by atoms with E-state index >= 15 is 0 Å². The number of anilines is 1. The smallest absolute Gasteiger partial charge is 0.224 e. The van der Waals surface area contributed by atoms with Gasteiger partial charge in [-0.1, -0.05) is 30.0 Å². The van der Waals surface area contributed by atoms with Crippen LogP contribution in [0, 0.1) is 5.92 Å². The van der Waals surface area contributed by atoms with Gasteiger partial charge < -0.3 is 15.0 Å². The van der Waals surface area contributed by atoms with E-state index in [9.17, 15) is 4.79 Å². The Kier molecular flexibility index (Phi) is 7.47. The third-order valence-corrected chi connectivity index (χ3v) is 5.51. The van der Waals surface area contributed by atoms with E-state index in [-0.39, 0.29) is 11.8 Å². The summed E-state index contributed by atoms with van der Waals surface area (Å²) in [6.45, 7) is 2.89. The molecule has 1 aliphatic rings. The van der Waals surface area contributed by atoms with Crippen LogP contribution in [0.3, 0.4) is 0 Å². The average molecular weight is 387 g/mol. The molecular formula is C20H26N4O2S. The van der Waals surface area contributed by atoms with E-state index in [0.29, 0.717) is 19.7 Å². The number of aromatic nitrogens is 2. The van der Waals surface area contributed by atoms with Crippen LogP contribution in [0.25, 0.3) is 0 Å². The van der Waals surface area contributed by atoms with Crippen molar-refractivity contribution in [2.75, 3.05) is 38.3 Å². The standard InChI is InChI=1S/C20H26N4O2S/c1-26-14-6-10-22-19(25)16-7-5-13-24(15-16)18-20(23-12-11-21-18)27-17-8-3-2-4-9-17/h2-4,8-9,11-12,16H,5-7,10,13-15H2,1H3,(H,22,25). The Hall–Kier alpha value is -2.12. The Morgan fingerprint density at radius 2 is 2.11 bits per heavy atom. The summed E-state index contributed by atoms with van der Waals surface area (Å²) in [4.78, 5) is 24.9. The van der Waals surface area contributed by atoms with E-state index < -0.39 is 0 Å². The summed E-state index contributed by atoms with van der Waals surface area (Å²) < 4.78 is 5.03. The minimum atomic E-state index is -0.0159. The molecule has 6 nitrogen and oxygen atoms in total. The molecule has 7 heteroatoms. The number of methoxy groups -OCH3 is 1. The van der Waals surface area contributed by atoms with Crippen LogP contribution < -0.4 is 10.2 Å². The number of carbonyl (C=O) groups is 1. The topological polar surface area (TPSA) is 67.3 Å². The molecule has 1 unspecified atom stereocenters. The van der Waals surface area contributed by atoms with Crippen molar-refractivity contribution in [1.29, 1.82) is 0 Å². The van der Waals surface area contributed by atoms with Gasteiger partial charge in [-0.15, -0.1) is 0 Å². The fraction of sp³-hybridized carbons (Fsp3) is 0.450. The minimum Gasteiger partial charge on any atom is -0.385 e. The first-order valence-electron chi connectivity index (χ1n) is 9.33. The predicted octanol–water partition coefficient (Wildman–Crippen LogP) is 3.00. The number of benzene rings is 1. The number of hydrogen-bond acceptors (Lipinski definition) is 6. The molecule has 1 aliphatic heterocycles. The average Bonchev–Trinajstić information content (AvgIpc) is 2.72. The van der Waals surface area contributed by atoms with E-state index in [4.69, 9.17) is 4.74 Å². The minimum absolute atomic E-state index is 0.0159. The summed E-state index contributed by atoms with van der Waals surface area (Å²) in [7, 11) is 1.67. The molecule has 0 spiro atoms. The molecule has 0 saturated carbocycles. The third-order valence-electron chi connectivity index (χ3n) is 4.52. The molecule has 144 valence electrons. The number of carbonyl (C=O) groups excluding carboxylic acids is 1. The van der Waals surface area contributed by atoms with Crippen molar-refractivity contribution >= 4 is 23.5 Å². The second kappa shape index (κ2) is 10.3. The molecule has 3 rings (SSSR count). The van der Waals surface area contributed by atoms with Crippen LogP contribution in [0.1, 0.15) is 19.3 Å². The number of amides is 1. The molecule has 0 bridgehead atoms. The van der Waals surface area contributed by atoms with Gasteiger partial charge in [0.1, 0.15) is 5.03 Å². The van der Waals surface area contributed by atoms with Crippen LogP contribution in [0.4, 0.5) is 5.82 Å². The largest absolute Gasteiger partial charge is 0.385 e. The molecule has 2 aromatic rings. The van der Waals surface area contributed by atoms with E-state index in [0.717, 1.165) is 41.5 Å². The van der Waals surface area contributed by atoms with Crippen molar-refractivity contribution in [3.05, 3.63) is 42.7 Å². The fourth-order valence-corrected chi connectivity index (χ4v) is 4.07. The lowest BCUT2D eigenvalue weighted by Crippen LogP contribution is -2.44. The number of piperidine rings is 1. The van der Waals surface area contributed by atoms with Gasteiger partial charge in [0.25, 0.3) is 0 Å². The van der Waals surface area contributed by atoms with Gasteiger partial charge in [0.2, 0.25) is 5.91 Å². The van der Waals surface area contributed by atoms with E-state index in [1.807, 2.05) is 18.2 Å². The van der Waals surface area contributed by atoms with Crippen molar-refractivity contribution in [3.63, 3.8) is 0 Å². The summed E-state index contributed by atoms with van der Waals surface area (Å²) in [6.07, 6.45) is 6.16. The van der Waals surface area contributed by atoms with Crippen molar-refractivity contribution in [3.8, 4) is 0 Å². The van der Waals surface area contributed by atoms with Gasteiger partial charge in [-0.2, -0.15) is 0 Å². The van der Waals surface area contributed by atoms with Crippen LogP contribution in [-0.2, 0) is 9.53 Å². The second-order valence-electron chi connectivity index (χ2n) is 6.52. The molecule has 0 aliphatic carbocycles. The number of nitrogens with zero attached hydrogens (tertiary/aromatic N) is 3. The van der Waals surface area contributed by atoms with Crippen molar-refractivity contribution in [2.45, 2.75) is 29.2 Å². The second-order valence-corrected chi connectivity index (χ2v) is 7.58. The number of rotatable bonds is 8. The molecule has 1 aromatic carbocycles. The summed E-state index contributed by atoms with van der Waals surface area (Å²) in [5.41, 5.74) is 0. The van der Waals surface area contributed by atoms with Gasteiger partial charge in [0, 0.05) is 50.6 Å². The normalized spacial score (nSPS) is 16.9. The molecular weight excluding hydrogens is 360 g/mol. The highest BCUT2D eigenvalue weighted by Crippen LogP contribution is 2.33. The molecule has 1 amide bonds. The molecule has 27 heavy (non-hydrogen) atoms. The highest BCUT2D eigenvalue weighted by molar-refractivity contribution is 7.99. The summed E-state index contributed by atoms with van der Waals surface area (Å²) >= 11 is 1.61. The highest BCUT2D eigenvalue weighted by Gasteiger charge is 2.27. The SMILES string of the molecule is COCCCNC(=O)C1CCCN(c2nccnc2Sc2ccccc2)C1. The fourth-order valence-electron chi connectivity index (χ4n) is 3.16. The number of ether oxygens (including phenoxy) is 1. The lowest BCUT2D eigenvalue weighted by molar-refractivity contribution is -0.125. The third kappa shape index (κ3) is 5.68. The van der Waals surface area contributed by atoms with Crippen LogP contribution >= 0.6 is 11.8 Å². The Morgan fingerprint density at radius 3 is 2.93 bits per heavy atom. The van der Waals surface area contributed by atoms with Crippen LogP contribution in [0.15, 0.2) is 52.6 Å². The van der Waals surface area contributed by atoms with Gasteiger partial charge >= 0.3 is 0 Å². The molecule has 1 aromatic heterocycles. The Labute approximate surface area is 164 Å². The van der Waals surface area contributed by atoms with Gasteiger partial charge in [-0.3, -0.25) is 4.79 Å².